The first kappa shape index (κ1) is 12.6. The van der Waals surface area contributed by atoms with Gasteiger partial charge >= 0.3 is 0 Å². The van der Waals surface area contributed by atoms with Crippen molar-refractivity contribution < 1.29 is 0 Å². The zero-order chi connectivity index (χ0) is 13.9. The number of hydrogen-bond donors (Lipinski definition) is 0. The third-order valence-corrected chi connectivity index (χ3v) is 3.24. The third kappa shape index (κ3) is 2.24. The molecule has 3 rings (SSSR count). The second-order valence-corrected chi connectivity index (χ2v) is 4.70. The van der Waals surface area contributed by atoms with E-state index < -0.39 is 0 Å². The smallest absolute Gasteiger partial charge is 0.168 e. The van der Waals surface area contributed by atoms with Crippen LogP contribution in [0.15, 0.2) is 61.2 Å². The van der Waals surface area contributed by atoms with Crippen LogP contribution in [0, 0.1) is 0 Å². The highest BCUT2D eigenvalue weighted by Gasteiger charge is 2.13. The first-order chi connectivity index (χ1) is 9.79. The van der Waals surface area contributed by atoms with E-state index in [0.717, 1.165) is 17.1 Å². The Balaban J connectivity index is 2.20. The highest BCUT2D eigenvalue weighted by Crippen LogP contribution is 2.24. The molecule has 98 valence electrons. The fourth-order valence-electron chi connectivity index (χ4n) is 2.05. The van der Waals surface area contributed by atoms with Crippen LogP contribution in [-0.4, -0.2) is 14.8 Å². The first-order valence-electron chi connectivity index (χ1n) is 6.19. The van der Waals surface area contributed by atoms with Gasteiger partial charge in [-0.3, -0.25) is 4.57 Å². The summed E-state index contributed by atoms with van der Waals surface area (Å²) in [5, 5.41) is 9.13. The van der Waals surface area contributed by atoms with Crippen LogP contribution in [0.4, 0.5) is 0 Å². The minimum Gasteiger partial charge on any atom is -0.276 e. The van der Waals surface area contributed by atoms with Crippen molar-refractivity contribution in [1.29, 1.82) is 0 Å². The van der Waals surface area contributed by atoms with Crippen molar-refractivity contribution in [2.75, 3.05) is 0 Å². The fraction of sp³-hybridized carbons (Fsp3) is 0. The number of halogens is 1. The Hall–Kier alpha value is -2.39. The third-order valence-electron chi connectivity index (χ3n) is 2.99. The molecular formula is C16H12ClN3. The summed E-state index contributed by atoms with van der Waals surface area (Å²) < 4.78 is 1.96. The lowest BCUT2D eigenvalue weighted by molar-refractivity contribution is 1.04. The van der Waals surface area contributed by atoms with E-state index in [1.165, 1.54) is 0 Å². The molecule has 0 atom stereocenters. The number of aromatic nitrogens is 3. The average molecular weight is 282 g/mol. The maximum atomic E-state index is 5.94. The number of benzene rings is 2. The molecule has 0 aliphatic heterocycles. The summed E-state index contributed by atoms with van der Waals surface area (Å²) in [6.45, 7) is 3.79. The van der Waals surface area contributed by atoms with E-state index in [-0.39, 0.29) is 0 Å². The van der Waals surface area contributed by atoms with E-state index >= 15 is 0 Å². The van der Waals surface area contributed by atoms with Crippen LogP contribution < -0.4 is 0 Å². The predicted octanol–water partition coefficient (Wildman–Crippen LogP) is 4.23. The topological polar surface area (TPSA) is 30.7 Å². The Morgan fingerprint density at radius 3 is 2.30 bits per heavy atom. The number of rotatable bonds is 3. The SMILES string of the molecule is C=Cc1nnc(-c2ccccc2)n1-c1ccc(Cl)cc1. The summed E-state index contributed by atoms with van der Waals surface area (Å²) in [5.41, 5.74) is 1.95. The van der Waals surface area contributed by atoms with E-state index in [2.05, 4.69) is 16.8 Å². The van der Waals surface area contributed by atoms with Crippen molar-refractivity contribution in [3.05, 3.63) is 72.0 Å². The molecule has 2 aromatic carbocycles. The maximum absolute atomic E-state index is 5.94. The molecule has 3 nitrogen and oxygen atoms in total. The van der Waals surface area contributed by atoms with Crippen molar-refractivity contribution in [3.8, 4) is 17.1 Å². The summed E-state index contributed by atoms with van der Waals surface area (Å²) in [6.07, 6.45) is 1.69. The second kappa shape index (κ2) is 5.31. The Morgan fingerprint density at radius 1 is 0.950 bits per heavy atom. The molecule has 0 fully saturated rings. The van der Waals surface area contributed by atoms with E-state index in [4.69, 9.17) is 11.6 Å². The highest BCUT2D eigenvalue weighted by atomic mass is 35.5. The molecule has 0 N–H and O–H groups in total. The molecule has 0 unspecified atom stereocenters. The summed E-state index contributed by atoms with van der Waals surface area (Å²) >= 11 is 5.94. The van der Waals surface area contributed by atoms with Gasteiger partial charge in [-0.25, -0.2) is 0 Å². The lowest BCUT2D eigenvalue weighted by Crippen LogP contribution is -1.99. The van der Waals surface area contributed by atoms with Gasteiger partial charge in [0.05, 0.1) is 0 Å². The zero-order valence-corrected chi connectivity index (χ0v) is 11.5. The van der Waals surface area contributed by atoms with Crippen LogP contribution >= 0.6 is 11.6 Å². The van der Waals surface area contributed by atoms with Crippen LogP contribution in [0.1, 0.15) is 5.82 Å². The maximum Gasteiger partial charge on any atom is 0.168 e. The van der Waals surface area contributed by atoms with Crippen LogP contribution in [0.25, 0.3) is 23.2 Å². The fourth-order valence-corrected chi connectivity index (χ4v) is 2.17. The van der Waals surface area contributed by atoms with Gasteiger partial charge in [0, 0.05) is 16.3 Å². The van der Waals surface area contributed by atoms with Gasteiger partial charge in [0.1, 0.15) is 0 Å². The lowest BCUT2D eigenvalue weighted by atomic mass is 10.2. The monoisotopic (exact) mass is 281 g/mol. The summed E-state index contributed by atoms with van der Waals surface area (Å²) in [5.74, 6) is 1.48. The molecule has 1 heterocycles. The molecule has 1 aromatic heterocycles. The Morgan fingerprint density at radius 2 is 1.65 bits per heavy atom. The van der Waals surface area contributed by atoms with Crippen molar-refractivity contribution in [1.82, 2.24) is 14.8 Å². The van der Waals surface area contributed by atoms with Crippen molar-refractivity contribution >= 4 is 17.7 Å². The molecule has 0 amide bonds. The van der Waals surface area contributed by atoms with Crippen molar-refractivity contribution in [2.24, 2.45) is 0 Å². The molecule has 0 spiro atoms. The van der Waals surface area contributed by atoms with Gasteiger partial charge in [-0.1, -0.05) is 48.5 Å². The molecule has 3 aromatic rings. The van der Waals surface area contributed by atoms with Crippen molar-refractivity contribution in [3.63, 3.8) is 0 Å². The summed E-state index contributed by atoms with van der Waals surface area (Å²) in [6, 6.07) is 17.5. The van der Waals surface area contributed by atoms with E-state index in [1.807, 2.05) is 59.2 Å². The summed E-state index contributed by atoms with van der Waals surface area (Å²) in [4.78, 5) is 0. The van der Waals surface area contributed by atoms with Crippen LogP contribution in [0.3, 0.4) is 0 Å². The second-order valence-electron chi connectivity index (χ2n) is 4.26. The lowest BCUT2D eigenvalue weighted by Gasteiger charge is -2.09. The molecule has 4 heteroatoms. The van der Waals surface area contributed by atoms with E-state index in [1.54, 1.807) is 6.08 Å². The molecule has 0 radical (unpaired) electrons. The highest BCUT2D eigenvalue weighted by molar-refractivity contribution is 6.30. The van der Waals surface area contributed by atoms with Gasteiger partial charge < -0.3 is 0 Å². The molecule has 0 aliphatic rings. The Bertz CT molecular complexity index is 730. The van der Waals surface area contributed by atoms with Crippen molar-refractivity contribution in [2.45, 2.75) is 0 Å². The summed E-state index contributed by atoms with van der Waals surface area (Å²) in [7, 11) is 0. The van der Waals surface area contributed by atoms with Crippen LogP contribution in [0.5, 0.6) is 0 Å². The zero-order valence-electron chi connectivity index (χ0n) is 10.7. The quantitative estimate of drug-likeness (QED) is 0.719. The van der Waals surface area contributed by atoms with Crippen LogP contribution in [-0.2, 0) is 0 Å². The number of nitrogens with zero attached hydrogens (tertiary/aromatic N) is 3. The van der Waals surface area contributed by atoms with Gasteiger partial charge in [0.25, 0.3) is 0 Å². The van der Waals surface area contributed by atoms with Gasteiger partial charge in [-0.05, 0) is 30.3 Å². The molecule has 0 saturated carbocycles. The standard InChI is InChI=1S/C16H12ClN3/c1-2-15-18-19-16(12-6-4-3-5-7-12)20(15)14-10-8-13(17)9-11-14/h2-11H,1H2. The largest absolute Gasteiger partial charge is 0.276 e. The van der Waals surface area contributed by atoms with Gasteiger partial charge in [-0.2, -0.15) is 0 Å². The predicted molar refractivity (Wildman–Crippen MR) is 81.9 cm³/mol. The van der Waals surface area contributed by atoms with E-state index in [9.17, 15) is 0 Å². The Labute approximate surface area is 122 Å². The average Bonchev–Trinajstić information content (AvgIpc) is 2.93. The van der Waals surface area contributed by atoms with E-state index in [0.29, 0.717) is 10.8 Å². The molecular weight excluding hydrogens is 270 g/mol. The minimum atomic E-state index is 0.697. The minimum absolute atomic E-state index is 0.697. The number of hydrogen-bond acceptors (Lipinski definition) is 2. The normalized spacial score (nSPS) is 10.4. The Kier molecular flexibility index (Phi) is 3.35. The molecule has 0 aliphatic carbocycles. The van der Waals surface area contributed by atoms with Crippen LogP contribution in [0.2, 0.25) is 5.02 Å². The molecule has 20 heavy (non-hydrogen) atoms. The van der Waals surface area contributed by atoms with Gasteiger partial charge in [-0.15, -0.1) is 10.2 Å². The van der Waals surface area contributed by atoms with Gasteiger partial charge in [0.15, 0.2) is 11.6 Å². The molecule has 0 bridgehead atoms. The molecule has 0 saturated heterocycles. The van der Waals surface area contributed by atoms with Gasteiger partial charge in [0.2, 0.25) is 0 Å². The first-order valence-corrected chi connectivity index (χ1v) is 6.56.